The zero-order chi connectivity index (χ0) is 19.3. The maximum atomic E-state index is 12.6. The molecule has 0 heterocycles. The monoisotopic (exact) mass is 375 g/mol. The largest absolute Gasteiger partial charge is 0.573 e. The lowest BCUT2D eigenvalue weighted by atomic mass is 10.1. The first-order valence-electron chi connectivity index (χ1n) is 7.88. The van der Waals surface area contributed by atoms with Crippen molar-refractivity contribution in [3.05, 3.63) is 39.8 Å². The van der Waals surface area contributed by atoms with Gasteiger partial charge in [-0.3, -0.25) is 0 Å². The Balaban J connectivity index is 3.05. The molecule has 1 aromatic carbocycles. The predicted octanol–water partition coefficient (Wildman–Crippen LogP) is 5.96. The first-order chi connectivity index (χ1) is 11.4. The maximum absolute atomic E-state index is 12.6. The summed E-state index contributed by atoms with van der Waals surface area (Å²) in [5.74, 6) is -0.265. The van der Waals surface area contributed by atoms with Gasteiger partial charge >= 0.3 is 6.36 Å². The molecule has 0 fully saturated rings. The highest BCUT2D eigenvalue weighted by Gasteiger charge is 2.37. The number of hydrogen-bond donors (Lipinski definition) is 0. The van der Waals surface area contributed by atoms with E-state index in [0.717, 1.165) is 5.56 Å². The molecule has 0 atom stereocenters. The minimum atomic E-state index is -4.77. The van der Waals surface area contributed by atoms with Crippen molar-refractivity contribution >= 4 is 8.32 Å². The van der Waals surface area contributed by atoms with E-state index in [9.17, 15) is 13.2 Å². The third-order valence-electron chi connectivity index (χ3n) is 4.31. The number of benzene rings is 1. The summed E-state index contributed by atoms with van der Waals surface area (Å²) in [5, 5.41) is 3.38. The van der Waals surface area contributed by atoms with Gasteiger partial charge in [-0.25, -0.2) is 0 Å². The van der Waals surface area contributed by atoms with Crippen LogP contribution in [0.25, 0.3) is 10.4 Å². The van der Waals surface area contributed by atoms with Crippen LogP contribution >= 0.6 is 0 Å². The molecule has 1 aromatic rings. The van der Waals surface area contributed by atoms with E-state index >= 15 is 0 Å². The summed E-state index contributed by atoms with van der Waals surface area (Å²) in [6.07, 6.45) is -4.33. The Morgan fingerprint density at radius 3 is 2.36 bits per heavy atom. The van der Waals surface area contributed by atoms with Gasteiger partial charge in [0.1, 0.15) is 5.75 Å². The van der Waals surface area contributed by atoms with Crippen molar-refractivity contribution < 1.29 is 22.3 Å². The minimum Gasteiger partial charge on any atom is -0.412 e. The van der Waals surface area contributed by atoms with Crippen molar-refractivity contribution in [3.8, 4) is 5.75 Å². The van der Waals surface area contributed by atoms with Gasteiger partial charge in [-0.2, -0.15) is 0 Å². The van der Waals surface area contributed by atoms with Crippen LogP contribution in [0.1, 0.15) is 31.9 Å². The van der Waals surface area contributed by atoms with E-state index in [1.54, 1.807) is 6.07 Å². The van der Waals surface area contributed by atoms with Crippen molar-refractivity contribution in [3.63, 3.8) is 0 Å². The second-order valence-electron chi connectivity index (χ2n) is 7.24. The Hall–Kier alpha value is -1.70. The highest BCUT2D eigenvalue weighted by Crippen LogP contribution is 2.38. The van der Waals surface area contributed by atoms with Crippen LogP contribution in [0.2, 0.25) is 18.1 Å². The van der Waals surface area contributed by atoms with Crippen LogP contribution in [0, 0.1) is 0 Å². The molecular weight excluding hydrogens is 351 g/mol. The molecular formula is C16H24F3N3O2Si. The minimum absolute atomic E-state index is 0.0390. The van der Waals surface area contributed by atoms with Crippen molar-refractivity contribution in [1.82, 2.24) is 0 Å². The molecule has 0 N–H and O–H groups in total. The molecule has 25 heavy (non-hydrogen) atoms. The smallest absolute Gasteiger partial charge is 0.412 e. The molecule has 0 radical (unpaired) electrons. The number of azide groups is 1. The standard InChI is InChI=1S/C16H24F3N3O2Si/c1-15(2,3)25(4,5)23-11-13-10-12(8-9-21-22-20)6-7-14(13)24-16(17,18)19/h6-7,10H,8-9,11H2,1-5H3. The molecule has 5 nitrogen and oxygen atoms in total. The van der Waals surface area contributed by atoms with Crippen molar-refractivity contribution in [2.24, 2.45) is 5.11 Å². The third-order valence-corrected chi connectivity index (χ3v) is 8.79. The fraction of sp³-hybridized carbons (Fsp3) is 0.625. The molecule has 0 bridgehead atoms. The molecule has 0 saturated carbocycles. The average molecular weight is 375 g/mol. The van der Waals surface area contributed by atoms with E-state index in [1.165, 1.54) is 12.1 Å². The number of alkyl halides is 3. The number of ether oxygens (including phenoxy) is 1. The van der Waals surface area contributed by atoms with Crippen LogP contribution in [-0.4, -0.2) is 21.2 Å². The van der Waals surface area contributed by atoms with Gasteiger partial charge in [0.2, 0.25) is 0 Å². The third kappa shape index (κ3) is 6.97. The molecule has 0 unspecified atom stereocenters. The van der Waals surface area contributed by atoms with Crippen LogP contribution in [-0.2, 0) is 17.5 Å². The Bertz CT molecular complexity index is 636. The first kappa shape index (κ1) is 21.3. The van der Waals surface area contributed by atoms with E-state index in [2.05, 4.69) is 35.5 Å². The zero-order valence-corrected chi connectivity index (χ0v) is 16.1. The lowest BCUT2D eigenvalue weighted by molar-refractivity contribution is -0.275. The fourth-order valence-corrected chi connectivity index (χ4v) is 2.77. The van der Waals surface area contributed by atoms with E-state index in [0.29, 0.717) is 12.0 Å². The van der Waals surface area contributed by atoms with Gasteiger partial charge in [0.15, 0.2) is 8.32 Å². The van der Waals surface area contributed by atoms with Gasteiger partial charge in [0, 0.05) is 17.0 Å². The average Bonchev–Trinajstić information content (AvgIpc) is 2.45. The zero-order valence-electron chi connectivity index (χ0n) is 15.1. The molecule has 0 aliphatic carbocycles. The second kappa shape index (κ2) is 8.12. The number of hydrogen-bond acceptors (Lipinski definition) is 3. The molecule has 140 valence electrons. The van der Waals surface area contributed by atoms with Gasteiger partial charge in [0.25, 0.3) is 0 Å². The lowest BCUT2D eigenvalue weighted by Crippen LogP contribution is -2.40. The van der Waals surface area contributed by atoms with Gasteiger partial charge < -0.3 is 9.16 Å². The number of halogens is 3. The molecule has 0 aliphatic rings. The second-order valence-corrected chi connectivity index (χ2v) is 12.1. The van der Waals surface area contributed by atoms with Gasteiger partial charge in [0.05, 0.1) is 6.61 Å². The summed E-state index contributed by atoms with van der Waals surface area (Å²) >= 11 is 0. The Morgan fingerprint density at radius 2 is 1.84 bits per heavy atom. The summed E-state index contributed by atoms with van der Waals surface area (Å²) in [5.41, 5.74) is 9.41. The Morgan fingerprint density at radius 1 is 1.20 bits per heavy atom. The van der Waals surface area contributed by atoms with Crippen molar-refractivity contribution in [2.45, 2.75) is 58.3 Å². The molecule has 0 aromatic heterocycles. The van der Waals surface area contributed by atoms with Crippen molar-refractivity contribution in [2.75, 3.05) is 6.54 Å². The normalized spacial score (nSPS) is 12.6. The molecule has 0 spiro atoms. The first-order valence-corrected chi connectivity index (χ1v) is 10.8. The van der Waals surface area contributed by atoms with Gasteiger partial charge in [-0.1, -0.05) is 32.0 Å². The van der Waals surface area contributed by atoms with E-state index < -0.39 is 14.7 Å². The lowest BCUT2D eigenvalue weighted by Gasteiger charge is -2.36. The summed E-state index contributed by atoms with van der Waals surface area (Å²) in [6, 6.07) is 4.42. The summed E-state index contributed by atoms with van der Waals surface area (Å²) in [6.45, 7) is 10.5. The quantitative estimate of drug-likeness (QED) is 0.255. The molecule has 0 saturated heterocycles. The topological polar surface area (TPSA) is 67.2 Å². The van der Waals surface area contributed by atoms with Gasteiger partial charge in [-0.15, -0.1) is 13.2 Å². The van der Waals surface area contributed by atoms with E-state index in [-0.39, 0.29) is 23.9 Å². The number of rotatable bonds is 7. The summed E-state index contributed by atoms with van der Waals surface area (Å²) in [7, 11) is -2.12. The highest BCUT2D eigenvalue weighted by molar-refractivity contribution is 6.74. The van der Waals surface area contributed by atoms with Crippen LogP contribution in [0.3, 0.4) is 0 Å². The molecule has 0 aliphatic heterocycles. The Labute approximate surface area is 146 Å². The summed E-state index contributed by atoms with van der Waals surface area (Å²) in [4.78, 5) is 2.67. The molecule has 9 heteroatoms. The highest BCUT2D eigenvalue weighted by atomic mass is 28.4. The van der Waals surface area contributed by atoms with Crippen molar-refractivity contribution in [1.29, 1.82) is 0 Å². The van der Waals surface area contributed by atoms with Crippen LogP contribution in [0.5, 0.6) is 5.75 Å². The SMILES string of the molecule is CC(C)(C)[Si](C)(C)OCc1cc(CCN=[N+]=[N-])ccc1OC(F)(F)F. The van der Waals surface area contributed by atoms with Crippen LogP contribution < -0.4 is 4.74 Å². The van der Waals surface area contributed by atoms with Crippen LogP contribution in [0.4, 0.5) is 13.2 Å². The molecule has 1 rings (SSSR count). The van der Waals surface area contributed by atoms with E-state index in [1.807, 2.05) is 13.1 Å². The van der Waals surface area contributed by atoms with Gasteiger partial charge in [-0.05, 0) is 47.8 Å². The number of nitrogens with zero attached hydrogens (tertiary/aromatic N) is 3. The predicted molar refractivity (Wildman–Crippen MR) is 92.8 cm³/mol. The molecule has 0 amide bonds. The van der Waals surface area contributed by atoms with E-state index in [4.69, 9.17) is 9.96 Å². The summed E-state index contributed by atoms with van der Waals surface area (Å²) < 4.78 is 48.0. The van der Waals surface area contributed by atoms with Crippen LogP contribution in [0.15, 0.2) is 23.3 Å². The Kier molecular flexibility index (Phi) is 6.93. The fourth-order valence-electron chi connectivity index (χ4n) is 1.82. The maximum Gasteiger partial charge on any atom is 0.573 e.